The number of hydrogen-bond acceptors (Lipinski definition) is 2. The first kappa shape index (κ1) is 18.1. The quantitative estimate of drug-likeness (QED) is 0.628. The molecule has 0 unspecified atom stereocenters. The molecule has 3 nitrogen and oxygen atoms in total. The molecular formula is C21H18ClFN2O. The first-order chi connectivity index (χ1) is 12.6. The molecule has 0 aliphatic carbocycles. The Morgan fingerprint density at radius 1 is 1.04 bits per heavy atom. The average Bonchev–Trinajstić information content (AvgIpc) is 2.66. The predicted molar refractivity (Wildman–Crippen MR) is 101 cm³/mol. The van der Waals surface area contributed by atoms with Crippen LogP contribution in [0.3, 0.4) is 0 Å². The molecule has 26 heavy (non-hydrogen) atoms. The lowest BCUT2D eigenvalue weighted by Gasteiger charge is -2.23. The van der Waals surface area contributed by atoms with Gasteiger partial charge in [0.2, 0.25) is 0 Å². The molecule has 0 aliphatic heterocycles. The van der Waals surface area contributed by atoms with Gasteiger partial charge in [0.15, 0.2) is 0 Å². The number of halogens is 2. The molecule has 0 spiro atoms. The Labute approximate surface area is 157 Å². The zero-order valence-electron chi connectivity index (χ0n) is 14.1. The summed E-state index contributed by atoms with van der Waals surface area (Å²) in [6.07, 6.45) is 2.40. The van der Waals surface area contributed by atoms with Crippen molar-refractivity contribution in [2.45, 2.75) is 13.0 Å². The van der Waals surface area contributed by atoms with E-state index in [0.29, 0.717) is 19.5 Å². The predicted octanol–water partition coefficient (Wildman–Crippen LogP) is 4.76. The van der Waals surface area contributed by atoms with Gasteiger partial charge in [-0.3, -0.25) is 9.78 Å². The maximum absolute atomic E-state index is 13.3. The molecule has 3 rings (SSSR count). The number of nitrogens with zero attached hydrogens (tertiary/aromatic N) is 2. The largest absolute Gasteiger partial charge is 0.332 e. The molecule has 0 atom stereocenters. The number of carbonyl (C=O) groups is 1. The van der Waals surface area contributed by atoms with Gasteiger partial charge >= 0.3 is 0 Å². The minimum absolute atomic E-state index is 0.112. The van der Waals surface area contributed by atoms with Crippen molar-refractivity contribution in [2.24, 2.45) is 0 Å². The minimum atomic E-state index is -0.466. The first-order valence-electron chi connectivity index (χ1n) is 8.31. The lowest BCUT2D eigenvalue weighted by atomic mass is 10.1. The van der Waals surface area contributed by atoms with Crippen LogP contribution in [0.5, 0.6) is 0 Å². The van der Waals surface area contributed by atoms with Crippen LogP contribution in [0.1, 0.15) is 21.6 Å². The molecule has 0 aliphatic rings. The highest BCUT2D eigenvalue weighted by Gasteiger charge is 2.19. The van der Waals surface area contributed by atoms with Crippen molar-refractivity contribution < 1.29 is 9.18 Å². The molecule has 2 aromatic carbocycles. The average molecular weight is 369 g/mol. The molecule has 0 saturated heterocycles. The Hall–Kier alpha value is -2.72. The fourth-order valence-corrected chi connectivity index (χ4v) is 2.93. The summed E-state index contributed by atoms with van der Waals surface area (Å²) in [5.74, 6) is -0.705. The van der Waals surface area contributed by atoms with Crippen molar-refractivity contribution in [1.29, 1.82) is 0 Å². The second-order valence-corrected chi connectivity index (χ2v) is 6.31. The summed E-state index contributed by atoms with van der Waals surface area (Å²) in [5, 5.41) is 0.112. The number of benzene rings is 2. The van der Waals surface area contributed by atoms with Crippen LogP contribution in [0.4, 0.5) is 4.39 Å². The van der Waals surface area contributed by atoms with Crippen molar-refractivity contribution in [3.63, 3.8) is 0 Å². The van der Waals surface area contributed by atoms with E-state index in [1.165, 1.54) is 12.1 Å². The van der Waals surface area contributed by atoms with E-state index in [2.05, 4.69) is 4.98 Å². The summed E-state index contributed by atoms with van der Waals surface area (Å²) < 4.78 is 13.3. The highest BCUT2D eigenvalue weighted by Crippen LogP contribution is 2.20. The Kier molecular flexibility index (Phi) is 5.97. The van der Waals surface area contributed by atoms with E-state index in [1.54, 1.807) is 11.1 Å². The summed E-state index contributed by atoms with van der Waals surface area (Å²) in [4.78, 5) is 19.0. The molecule has 132 valence electrons. The highest BCUT2D eigenvalue weighted by molar-refractivity contribution is 6.33. The standard InChI is InChI=1S/C21H18ClFN2O/c22-20-14-17(23)9-10-19(20)21(26)25(15-18-8-4-5-12-24-18)13-11-16-6-2-1-3-7-16/h1-10,12,14H,11,13,15H2. The van der Waals surface area contributed by atoms with E-state index in [0.717, 1.165) is 17.3 Å². The summed E-state index contributed by atoms with van der Waals surface area (Å²) in [6.45, 7) is 0.868. The molecule has 0 radical (unpaired) electrons. The van der Waals surface area contributed by atoms with E-state index in [1.807, 2.05) is 48.5 Å². The van der Waals surface area contributed by atoms with Crippen LogP contribution in [-0.4, -0.2) is 22.3 Å². The van der Waals surface area contributed by atoms with E-state index < -0.39 is 5.82 Å². The Balaban J connectivity index is 1.82. The second kappa shape index (κ2) is 8.59. The van der Waals surface area contributed by atoms with E-state index in [4.69, 9.17) is 11.6 Å². The Morgan fingerprint density at radius 3 is 2.50 bits per heavy atom. The number of carbonyl (C=O) groups excluding carboxylic acids is 1. The molecule has 3 aromatic rings. The SMILES string of the molecule is O=C(c1ccc(F)cc1Cl)N(CCc1ccccc1)Cc1ccccn1. The maximum Gasteiger partial charge on any atom is 0.255 e. The fraction of sp³-hybridized carbons (Fsp3) is 0.143. The molecule has 1 heterocycles. The molecule has 1 amide bonds. The van der Waals surface area contributed by atoms with Crippen molar-refractivity contribution in [2.75, 3.05) is 6.54 Å². The van der Waals surface area contributed by atoms with Crippen LogP contribution >= 0.6 is 11.6 Å². The van der Waals surface area contributed by atoms with Gasteiger partial charge < -0.3 is 4.90 Å². The highest BCUT2D eigenvalue weighted by atomic mass is 35.5. The van der Waals surface area contributed by atoms with E-state index in [-0.39, 0.29) is 16.5 Å². The third-order valence-electron chi connectivity index (χ3n) is 4.04. The van der Waals surface area contributed by atoms with Crippen molar-refractivity contribution >= 4 is 17.5 Å². The number of rotatable bonds is 6. The minimum Gasteiger partial charge on any atom is -0.332 e. The van der Waals surface area contributed by atoms with Gasteiger partial charge in [-0.15, -0.1) is 0 Å². The topological polar surface area (TPSA) is 33.2 Å². The molecule has 0 bridgehead atoms. The van der Waals surface area contributed by atoms with Crippen LogP contribution < -0.4 is 0 Å². The van der Waals surface area contributed by atoms with Crippen LogP contribution in [0.2, 0.25) is 5.02 Å². The smallest absolute Gasteiger partial charge is 0.255 e. The lowest BCUT2D eigenvalue weighted by Crippen LogP contribution is -2.33. The second-order valence-electron chi connectivity index (χ2n) is 5.91. The maximum atomic E-state index is 13.3. The van der Waals surface area contributed by atoms with Gasteiger partial charge in [0.25, 0.3) is 5.91 Å². The van der Waals surface area contributed by atoms with Gasteiger partial charge in [0, 0.05) is 12.7 Å². The third-order valence-corrected chi connectivity index (χ3v) is 4.35. The van der Waals surface area contributed by atoms with E-state index >= 15 is 0 Å². The monoisotopic (exact) mass is 368 g/mol. The van der Waals surface area contributed by atoms with Crippen LogP contribution in [0.25, 0.3) is 0 Å². The van der Waals surface area contributed by atoms with Crippen LogP contribution in [-0.2, 0) is 13.0 Å². The number of pyridine rings is 1. The van der Waals surface area contributed by atoms with Crippen molar-refractivity contribution in [3.05, 3.63) is 101 Å². The Morgan fingerprint density at radius 2 is 1.81 bits per heavy atom. The normalized spacial score (nSPS) is 10.5. The molecule has 0 N–H and O–H groups in total. The van der Waals surface area contributed by atoms with E-state index in [9.17, 15) is 9.18 Å². The number of amides is 1. The molecule has 0 fully saturated rings. The van der Waals surface area contributed by atoms with Crippen molar-refractivity contribution in [3.8, 4) is 0 Å². The van der Waals surface area contributed by atoms with Crippen molar-refractivity contribution in [1.82, 2.24) is 9.88 Å². The summed E-state index contributed by atoms with van der Waals surface area (Å²) in [7, 11) is 0. The molecule has 5 heteroatoms. The lowest BCUT2D eigenvalue weighted by molar-refractivity contribution is 0.0743. The molecule has 0 saturated carbocycles. The third kappa shape index (κ3) is 4.67. The summed E-state index contributed by atoms with van der Waals surface area (Å²) in [5.41, 5.74) is 2.21. The number of hydrogen-bond donors (Lipinski definition) is 0. The van der Waals surface area contributed by atoms with Gasteiger partial charge in [-0.1, -0.05) is 48.0 Å². The van der Waals surface area contributed by atoms with Gasteiger partial charge in [0.1, 0.15) is 5.82 Å². The summed E-state index contributed by atoms with van der Waals surface area (Å²) >= 11 is 6.09. The Bertz CT molecular complexity index is 872. The first-order valence-corrected chi connectivity index (χ1v) is 8.69. The zero-order chi connectivity index (χ0) is 18.4. The molecular weight excluding hydrogens is 351 g/mol. The van der Waals surface area contributed by atoms with Gasteiger partial charge in [0.05, 0.1) is 22.8 Å². The molecule has 1 aromatic heterocycles. The number of aromatic nitrogens is 1. The van der Waals surface area contributed by atoms with Crippen LogP contribution in [0.15, 0.2) is 72.9 Å². The fourth-order valence-electron chi connectivity index (χ4n) is 2.68. The zero-order valence-corrected chi connectivity index (χ0v) is 14.9. The van der Waals surface area contributed by atoms with Gasteiger partial charge in [-0.2, -0.15) is 0 Å². The summed E-state index contributed by atoms with van der Waals surface area (Å²) in [6, 6.07) is 19.3. The van der Waals surface area contributed by atoms with Crippen LogP contribution in [0, 0.1) is 5.82 Å². The van der Waals surface area contributed by atoms with Gasteiger partial charge in [-0.25, -0.2) is 4.39 Å². The van der Waals surface area contributed by atoms with Gasteiger partial charge in [-0.05, 0) is 42.3 Å².